The maximum atomic E-state index is 11.0. The van der Waals surface area contributed by atoms with Crippen LogP contribution in [0.4, 0.5) is 0 Å². The quantitative estimate of drug-likeness (QED) is 0.894. The highest BCUT2D eigenvalue weighted by atomic mass is 35.5. The monoisotopic (exact) mass is 301 g/mol. The fraction of sp³-hybridized carbons (Fsp3) is 0. The highest BCUT2D eigenvalue weighted by Gasteiger charge is 2.13. The third-order valence-corrected chi connectivity index (χ3v) is 3.16. The van der Waals surface area contributed by atoms with Crippen molar-refractivity contribution < 1.29 is 9.90 Å². The summed E-state index contributed by atoms with van der Waals surface area (Å²) in [6.45, 7) is 0. The first-order chi connectivity index (χ1) is 8.49. The molecule has 0 bridgehead atoms. The predicted octanol–water partition coefficient (Wildman–Crippen LogP) is 4.41. The van der Waals surface area contributed by atoms with Crippen molar-refractivity contribution in [1.82, 2.24) is 4.98 Å². The zero-order valence-electron chi connectivity index (χ0n) is 8.82. The summed E-state index contributed by atoms with van der Waals surface area (Å²) in [6, 6.07) is 6.24. The standard InChI is InChI=1S/C12H6Cl3NO2/c13-6-1-2-9(14)7(3-6)11-4-8(12(17)18)10(15)5-16-11/h1-5H,(H,17,18). The highest BCUT2D eigenvalue weighted by Crippen LogP contribution is 2.31. The minimum absolute atomic E-state index is 0.0299. The third kappa shape index (κ3) is 2.58. The topological polar surface area (TPSA) is 50.2 Å². The van der Waals surface area contributed by atoms with E-state index in [1.807, 2.05) is 0 Å². The smallest absolute Gasteiger partial charge is 0.337 e. The average Bonchev–Trinajstić information content (AvgIpc) is 2.33. The SMILES string of the molecule is O=C(O)c1cc(-c2cc(Cl)ccc2Cl)ncc1Cl. The van der Waals surface area contributed by atoms with Gasteiger partial charge in [-0.1, -0.05) is 34.8 Å². The van der Waals surface area contributed by atoms with Gasteiger partial charge in [-0.15, -0.1) is 0 Å². The van der Waals surface area contributed by atoms with Crippen LogP contribution >= 0.6 is 34.8 Å². The van der Waals surface area contributed by atoms with Gasteiger partial charge < -0.3 is 5.11 Å². The Morgan fingerprint density at radius 3 is 2.50 bits per heavy atom. The van der Waals surface area contributed by atoms with E-state index in [1.165, 1.54) is 12.3 Å². The summed E-state index contributed by atoms with van der Waals surface area (Å²) in [5.74, 6) is -1.12. The third-order valence-electron chi connectivity index (χ3n) is 2.29. The summed E-state index contributed by atoms with van der Waals surface area (Å²) in [7, 11) is 0. The van der Waals surface area contributed by atoms with Crippen molar-refractivity contribution in [3.05, 3.63) is 51.1 Å². The van der Waals surface area contributed by atoms with E-state index >= 15 is 0 Å². The van der Waals surface area contributed by atoms with E-state index in [9.17, 15) is 4.79 Å². The molecule has 0 radical (unpaired) electrons. The second-order valence-electron chi connectivity index (χ2n) is 3.48. The molecule has 0 fully saturated rings. The number of aromatic nitrogens is 1. The maximum Gasteiger partial charge on any atom is 0.337 e. The number of benzene rings is 1. The van der Waals surface area contributed by atoms with E-state index in [4.69, 9.17) is 39.9 Å². The van der Waals surface area contributed by atoms with Crippen LogP contribution in [0.25, 0.3) is 11.3 Å². The number of rotatable bonds is 2. The van der Waals surface area contributed by atoms with Gasteiger partial charge in [0.05, 0.1) is 21.3 Å². The number of carbonyl (C=O) groups is 1. The molecule has 92 valence electrons. The molecule has 0 spiro atoms. The van der Waals surface area contributed by atoms with Crippen molar-refractivity contribution in [2.45, 2.75) is 0 Å². The highest BCUT2D eigenvalue weighted by molar-refractivity contribution is 6.35. The van der Waals surface area contributed by atoms with Crippen LogP contribution < -0.4 is 0 Å². The molecule has 1 N–H and O–H groups in total. The van der Waals surface area contributed by atoms with Crippen molar-refractivity contribution >= 4 is 40.8 Å². The van der Waals surface area contributed by atoms with E-state index in [1.54, 1.807) is 18.2 Å². The Morgan fingerprint density at radius 1 is 1.11 bits per heavy atom. The Labute approximate surface area is 118 Å². The van der Waals surface area contributed by atoms with Crippen molar-refractivity contribution in [3.8, 4) is 11.3 Å². The minimum Gasteiger partial charge on any atom is -0.478 e. The summed E-state index contributed by atoms with van der Waals surface area (Å²) in [5, 5.41) is 9.99. The summed E-state index contributed by atoms with van der Waals surface area (Å²) in [4.78, 5) is 15.0. The number of nitrogens with zero attached hydrogens (tertiary/aromatic N) is 1. The fourth-order valence-electron chi connectivity index (χ4n) is 1.44. The van der Waals surface area contributed by atoms with Gasteiger partial charge in [0.25, 0.3) is 0 Å². The number of pyridine rings is 1. The Balaban J connectivity index is 2.61. The molecule has 18 heavy (non-hydrogen) atoms. The lowest BCUT2D eigenvalue weighted by molar-refractivity contribution is 0.0697. The molecule has 1 aromatic carbocycles. The summed E-state index contributed by atoms with van der Waals surface area (Å²) in [6.07, 6.45) is 1.28. The lowest BCUT2D eigenvalue weighted by atomic mass is 10.1. The first-order valence-corrected chi connectivity index (χ1v) is 5.96. The van der Waals surface area contributed by atoms with E-state index < -0.39 is 5.97 Å². The summed E-state index contributed by atoms with van der Waals surface area (Å²) >= 11 is 17.6. The largest absolute Gasteiger partial charge is 0.478 e. The van der Waals surface area contributed by atoms with E-state index in [-0.39, 0.29) is 10.6 Å². The van der Waals surface area contributed by atoms with E-state index in [0.717, 1.165) is 0 Å². The Kier molecular flexibility index (Phi) is 3.76. The number of aromatic carboxylic acids is 1. The molecule has 1 aromatic heterocycles. The van der Waals surface area contributed by atoms with Crippen LogP contribution in [-0.4, -0.2) is 16.1 Å². The number of hydrogen-bond donors (Lipinski definition) is 1. The van der Waals surface area contributed by atoms with Crippen LogP contribution in [0.5, 0.6) is 0 Å². The van der Waals surface area contributed by atoms with Crippen LogP contribution in [0.15, 0.2) is 30.5 Å². The number of carboxylic acid groups (broad SMARTS) is 1. The molecule has 0 atom stereocenters. The molecular formula is C12H6Cl3NO2. The molecule has 0 aliphatic rings. The molecule has 1 heterocycles. The molecular weight excluding hydrogens is 296 g/mol. The molecule has 0 aliphatic carbocycles. The van der Waals surface area contributed by atoms with Crippen molar-refractivity contribution in [3.63, 3.8) is 0 Å². The molecule has 0 saturated carbocycles. The van der Waals surface area contributed by atoms with Gasteiger partial charge in [-0.05, 0) is 24.3 Å². The first kappa shape index (κ1) is 13.1. The van der Waals surface area contributed by atoms with Gasteiger partial charge in [0.2, 0.25) is 0 Å². The van der Waals surface area contributed by atoms with E-state index in [2.05, 4.69) is 4.98 Å². The van der Waals surface area contributed by atoms with Crippen molar-refractivity contribution in [2.24, 2.45) is 0 Å². The van der Waals surface area contributed by atoms with Crippen molar-refractivity contribution in [2.75, 3.05) is 0 Å². The normalized spacial score (nSPS) is 10.4. The van der Waals surface area contributed by atoms with Gasteiger partial charge in [0.15, 0.2) is 0 Å². The number of halogens is 3. The second kappa shape index (κ2) is 5.14. The predicted molar refractivity (Wildman–Crippen MR) is 71.7 cm³/mol. The molecule has 6 heteroatoms. The van der Waals surface area contributed by atoms with Gasteiger partial charge in [-0.25, -0.2) is 4.79 Å². The Morgan fingerprint density at radius 2 is 1.83 bits per heavy atom. The Hall–Kier alpha value is -1.29. The molecule has 0 saturated heterocycles. The molecule has 0 aliphatic heterocycles. The molecule has 3 nitrogen and oxygen atoms in total. The minimum atomic E-state index is -1.12. The van der Waals surface area contributed by atoms with E-state index in [0.29, 0.717) is 21.3 Å². The molecule has 2 rings (SSSR count). The fourth-order valence-corrected chi connectivity index (χ4v) is 2.01. The van der Waals surface area contributed by atoms with Crippen LogP contribution in [0.3, 0.4) is 0 Å². The van der Waals surface area contributed by atoms with Crippen LogP contribution in [0.1, 0.15) is 10.4 Å². The van der Waals surface area contributed by atoms with Gasteiger partial charge in [-0.2, -0.15) is 0 Å². The second-order valence-corrected chi connectivity index (χ2v) is 4.73. The Bertz CT molecular complexity index is 629. The number of hydrogen-bond acceptors (Lipinski definition) is 2. The van der Waals surface area contributed by atoms with Crippen LogP contribution in [-0.2, 0) is 0 Å². The lowest BCUT2D eigenvalue weighted by Crippen LogP contribution is -1.99. The lowest BCUT2D eigenvalue weighted by Gasteiger charge is -2.06. The summed E-state index contributed by atoms with van der Waals surface area (Å²) < 4.78 is 0. The van der Waals surface area contributed by atoms with Gasteiger partial charge >= 0.3 is 5.97 Å². The average molecular weight is 303 g/mol. The molecule has 0 unspecified atom stereocenters. The zero-order chi connectivity index (χ0) is 13.3. The number of carboxylic acids is 1. The maximum absolute atomic E-state index is 11.0. The molecule has 2 aromatic rings. The van der Waals surface area contributed by atoms with Crippen molar-refractivity contribution in [1.29, 1.82) is 0 Å². The van der Waals surface area contributed by atoms with Crippen LogP contribution in [0.2, 0.25) is 15.1 Å². The summed E-state index contributed by atoms with van der Waals surface area (Å²) in [5.41, 5.74) is 0.936. The first-order valence-electron chi connectivity index (χ1n) is 4.83. The van der Waals surface area contributed by atoms with Gasteiger partial charge in [0, 0.05) is 16.8 Å². The van der Waals surface area contributed by atoms with Gasteiger partial charge in [0.1, 0.15) is 0 Å². The van der Waals surface area contributed by atoms with Gasteiger partial charge in [-0.3, -0.25) is 4.98 Å². The van der Waals surface area contributed by atoms with Crippen LogP contribution in [0, 0.1) is 0 Å². The molecule has 0 amide bonds. The zero-order valence-corrected chi connectivity index (χ0v) is 11.1.